The molecule has 1 rings (SSSR count). The summed E-state index contributed by atoms with van der Waals surface area (Å²) in [6.07, 6.45) is 0.916. The topological polar surface area (TPSA) is 86.6 Å². The first-order valence-corrected chi connectivity index (χ1v) is 7.65. The first-order chi connectivity index (χ1) is 10.4. The van der Waals surface area contributed by atoms with Gasteiger partial charge in [0.2, 0.25) is 5.91 Å². The summed E-state index contributed by atoms with van der Waals surface area (Å²) in [7, 11) is 0. The number of aryl methyl sites for hydroxylation is 1. The fourth-order valence-electron chi connectivity index (χ4n) is 2.23. The molecule has 2 atom stereocenters. The van der Waals surface area contributed by atoms with Gasteiger partial charge < -0.3 is 15.5 Å². The van der Waals surface area contributed by atoms with Crippen molar-refractivity contribution in [3.8, 4) is 0 Å². The molecule has 0 unspecified atom stereocenters. The van der Waals surface area contributed by atoms with Crippen LogP contribution in [0.25, 0.3) is 0 Å². The summed E-state index contributed by atoms with van der Waals surface area (Å²) in [6, 6.07) is 8.82. The number of carbonyl (C=O) groups excluding carboxylic acids is 1. The monoisotopic (exact) mass is 307 g/mol. The number of hydrogen-bond acceptors (Lipinski definition) is 3. The Morgan fingerprint density at radius 3 is 2.36 bits per heavy atom. The molecule has 1 amide bonds. The molecule has 0 aliphatic carbocycles. The predicted molar refractivity (Wildman–Crippen MR) is 84.4 cm³/mol. The number of hydrogen-bond donors (Lipinski definition) is 3. The third-order valence-electron chi connectivity index (χ3n) is 3.41. The van der Waals surface area contributed by atoms with Crippen molar-refractivity contribution in [2.45, 2.75) is 51.7 Å². The van der Waals surface area contributed by atoms with Gasteiger partial charge in [0, 0.05) is 0 Å². The fraction of sp³-hybridized carbons (Fsp3) is 0.529. The summed E-state index contributed by atoms with van der Waals surface area (Å²) in [5.41, 5.74) is 1.14. The second-order valence-electron chi connectivity index (χ2n) is 5.92. The number of carbonyl (C=O) groups is 2. The molecule has 0 bridgehead atoms. The molecule has 122 valence electrons. The highest BCUT2D eigenvalue weighted by Gasteiger charge is 2.24. The summed E-state index contributed by atoms with van der Waals surface area (Å²) >= 11 is 0. The Balaban J connectivity index is 2.45. The molecule has 0 aromatic heterocycles. The van der Waals surface area contributed by atoms with Crippen LogP contribution in [0.1, 0.15) is 38.7 Å². The number of nitrogens with one attached hydrogen (secondary N) is 1. The van der Waals surface area contributed by atoms with Gasteiger partial charge in [-0.25, -0.2) is 4.79 Å². The van der Waals surface area contributed by atoms with Crippen LogP contribution in [0.3, 0.4) is 0 Å². The third kappa shape index (κ3) is 6.72. The number of benzene rings is 1. The van der Waals surface area contributed by atoms with Gasteiger partial charge in [-0.3, -0.25) is 4.79 Å². The maximum atomic E-state index is 11.8. The number of aliphatic hydroxyl groups excluding tert-OH is 1. The standard InChI is InChI=1S/C17H25NO4/c1-12(2)11-15(19)16(20)18-14(17(21)22)10-6-9-13-7-4-3-5-8-13/h3-5,7-8,12,14-15,19H,6,9-11H2,1-2H3,(H,18,20)(H,21,22)/t14-,15-/m0/s1. The van der Waals surface area contributed by atoms with Crippen LogP contribution in [0.4, 0.5) is 0 Å². The molecule has 0 spiro atoms. The lowest BCUT2D eigenvalue weighted by atomic mass is 10.0. The van der Waals surface area contributed by atoms with E-state index < -0.39 is 24.0 Å². The van der Waals surface area contributed by atoms with Crippen molar-refractivity contribution in [3.63, 3.8) is 0 Å². The zero-order valence-corrected chi connectivity index (χ0v) is 13.2. The van der Waals surface area contributed by atoms with Crippen LogP contribution in [0.15, 0.2) is 30.3 Å². The van der Waals surface area contributed by atoms with Gasteiger partial charge in [0.05, 0.1) is 0 Å². The molecule has 0 saturated heterocycles. The van der Waals surface area contributed by atoms with Crippen LogP contribution in [0.5, 0.6) is 0 Å². The van der Waals surface area contributed by atoms with Crippen LogP contribution in [-0.4, -0.2) is 34.2 Å². The molecule has 0 aliphatic heterocycles. The van der Waals surface area contributed by atoms with Crippen molar-refractivity contribution in [2.75, 3.05) is 0 Å². The quantitative estimate of drug-likeness (QED) is 0.651. The number of aliphatic carboxylic acids is 1. The second kappa shape index (κ2) is 9.20. The van der Waals surface area contributed by atoms with Crippen molar-refractivity contribution in [1.82, 2.24) is 5.32 Å². The van der Waals surface area contributed by atoms with Crippen molar-refractivity contribution in [1.29, 1.82) is 0 Å². The van der Waals surface area contributed by atoms with E-state index in [1.54, 1.807) is 0 Å². The summed E-state index contributed by atoms with van der Waals surface area (Å²) in [5.74, 6) is -1.51. The van der Waals surface area contributed by atoms with Crippen LogP contribution < -0.4 is 5.32 Å². The maximum absolute atomic E-state index is 11.8. The van der Waals surface area contributed by atoms with Crippen LogP contribution in [-0.2, 0) is 16.0 Å². The first-order valence-electron chi connectivity index (χ1n) is 7.65. The van der Waals surface area contributed by atoms with Gasteiger partial charge in [0.25, 0.3) is 0 Å². The van der Waals surface area contributed by atoms with E-state index in [9.17, 15) is 19.8 Å². The highest BCUT2D eigenvalue weighted by Crippen LogP contribution is 2.09. The van der Waals surface area contributed by atoms with E-state index in [0.29, 0.717) is 19.3 Å². The summed E-state index contributed by atoms with van der Waals surface area (Å²) in [5, 5.41) is 21.3. The van der Waals surface area contributed by atoms with Gasteiger partial charge in [-0.1, -0.05) is 44.2 Å². The number of carboxylic acid groups (broad SMARTS) is 1. The van der Waals surface area contributed by atoms with Gasteiger partial charge >= 0.3 is 5.97 Å². The highest BCUT2D eigenvalue weighted by molar-refractivity contribution is 5.86. The highest BCUT2D eigenvalue weighted by atomic mass is 16.4. The van der Waals surface area contributed by atoms with E-state index >= 15 is 0 Å². The molecule has 5 heteroatoms. The van der Waals surface area contributed by atoms with Gasteiger partial charge in [-0.15, -0.1) is 0 Å². The van der Waals surface area contributed by atoms with E-state index in [1.807, 2.05) is 44.2 Å². The van der Waals surface area contributed by atoms with E-state index in [0.717, 1.165) is 12.0 Å². The lowest BCUT2D eigenvalue weighted by molar-refractivity contribution is -0.143. The minimum atomic E-state index is -1.16. The molecule has 5 nitrogen and oxygen atoms in total. The van der Waals surface area contributed by atoms with Crippen molar-refractivity contribution >= 4 is 11.9 Å². The SMILES string of the molecule is CC(C)C[C@H](O)C(=O)N[C@@H](CCCc1ccccc1)C(=O)O. The van der Waals surface area contributed by atoms with Crippen LogP contribution in [0.2, 0.25) is 0 Å². The normalized spacial score (nSPS) is 13.6. The van der Waals surface area contributed by atoms with Crippen molar-refractivity contribution in [3.05, 3.63) is 35.9 Å². The molecule has 0 heterocycles. The lowest BCUT2D eigenvalue weighted by Gasteiger charge is -2.18. The number of carboxylic acids is 1. The van der Waals surface area contributed by atoms with Gasteiger partial charge in [-0.2, -0.15) is 0 Å². The zero-order chi connectivity index (χ0) is 16.5. The van der Waals surface area contributed by atoms with Gasteiger partial charge in [0.1, 0.15) is 12.1 Å². The van der Waals surface area contributed by atoms with E-state index in [-0.39, 0.29) is 5.92 Å². The lowest BCUT2D eigenvalue weighted by Crippen LogP contribution is -2.45. The fourth-order valence-corrected chi connectivity index (χ4v) is 2.23. The Morgan fingerprint density at radius 1 is 1.18 bits per heavy atom. The van der Waals surface area contributed by atoms with E-state index in [4.69, 9.17) is 0 Å². The molecule has 0 fully saturated rings. The molecule has 0 saturated carbocycles. The number of rotatable bonds is 9. The average Bonchev–Trinajstić information content (AvgIpc) is 2.46. The Bertz CT molecular complexity index is 473. The number of aliphatic hydroxyl groups is 1. The minimum Gasteiger partial charge on any atom is -0.480 e. The summed E-state index contributed by atoms with van der Waals surface area (Å²) in [4.78, 5) is 23.0. The van der Waals surface area contributed by atoms with Crippen molar-refractivity contribution < 1.29 is 19.8 Å². The molecule has 1 aromatic rings. The van der Waals surface area contributed by atoms with E-state index in [2.05, 4.69) is 5.32 Å². The summed E-state index contributed by atoms with van der Waals surface area (Å²) in [6.45, 7) is 3.79. The number of amides is 1. The molecule has 0 radical (unpaired) electrons. The summed E-state index contributed by atoms with van der Waals surface area (Å²) < 4.78 is 0. The van der Waals surface area contributed by atoms with Crippen LogP contribution in [0, 0.1) is 5.92 Å². The predicted octanol–water partition coefficient (Wildman–Crippen LogP) is 1.99. The molecular weight excluding hydrogens is 282 g/mol. The Kier molecular flexibility index (Phi) is 7.60. The van der Waals surface area contributed by atoms with Crippen LogP contribution >= 0.6 is 0 Å². The second-order valence-corrected chi connectivity index (χ2v) is 5.92. The van der Waals surface area contributed by atoms with Gasteiger partial charge in [0.15, 0.2) is 0 Å². The Morgan fingerprint density at radius 2 is 1.82 bits per heavy atom. The minimum absolute atomic E-state index is 0.169. The van der Waals surface area contributed by atoms with Crippen molar-refractivity contribution in [2.24, 2.45) is 5.92 Å². The maximum Gasteiger partial charge on any atom is 0.326 e. The zero-order valence-electron chi connectivity index (χ0n) is 13.2. The average molecular weight is 307 g/mol. The first kappa shape index (κ1) is 18.2. The molecule has 1 aromatic carbocycles. The van der Waals surface area contributed by atoms with E-state index in [1.165, 1.54) is 0 Å². The Hall–Kier alpha value is -1.88. The Labute approximate surface area is 131 Å². The molecule has 3 N–H and O–H groups in total. The smallest absolute Gasteiger partial charge is 0.326 e. The molecule has 0 aliphatic rings. The van der Waals surface area contributed by atoms with Gasteiger partial charge in [-0.05, 0) is 37.2 Å². The molecular formula is C17H25NO4. The largest absolute Gasteiger partial charge is 0.480 e. The third-order valence-corrected chi connectivity index (χ3v) is 3.41. The molecule has 22 heavy (non-hydrogen) atoms.